The van der Waals surface area contributed by atoms with Crippen LogP contribution in [0.5, 0.6) is 5.75 Å². The van der Waals surface area contributed by atoms with E-state index in [4.69, 9.17) is 12.2 Å². The van der Waals surface area contributed by atoms with Crippen molar-refractivity contribution in [1.29, 1.82) is 0 Å². The minimum Gasteiger partial charge on any atom is -0.508 e. The number of nitro groups is 1. The van der Waals surface area contributed by atoms with Gasteiger partial charge in [-0.15, -0.1) is 0 Å². The highest BCUT2D eigenvalue weighted by Gasteiger charge is 2.11. The molecule has 0 amide bonds. The van der Waals surface area contributed by atoms with Crippen molar-refractivity contribution in [2.75, 3.05) is 6.54 Å². The molecule has 1 rings (SSSR count). The van der Waals surface area contributed by atoms with Crippen molar-refractivity contribution in [3.05, 3.63) is 33.9 Å². The van der Waals surface area contributed by atoms with Gasteiger partial charge in [-0.25, -0.2) is 0 Å². The van der Waals surface area contributed by atoms with Crippen LogP contribution in [0, 0.1) is 16.0 Å². The molecule has 1 aromatic rings. The van der Waals surface area contributed by atoms with E-state index in [2.05, 4.69) is 24.5 Å². The first kappa shape index (κ1) is 19.2. The van der Waals surface area contributed by atoms with Crippen LogP contribution in [-0.2, 0) is 6.54 Å². The van der Waals surface area contributed by atoms with Crippen LogP contribution in [0.25, 0.3) is 0 Å². The number of nitrogens with one attached hydrogen (secondary N) is 2. The first-order valence-corrected chi connectivity index (χ1v) is 8.36. The first-order valence-electron chi connectivity index (χ1n) is 7.95. The lowest BCUT2D eigenvalue weighted by Gasteiger charge is -2.17. The number of phenols is 1. The summed E-state index contributed by atoms with van der Waals surface area (Å²) >= 11 is 5.22. The molecule has 3 N–H and O–H groups in total. The molecule has 0 heterocycles. The number of aromatic hydroxyl groups is 1. The second kappa shape index (κ2) is 9.99. The number of nitrogens with zero attached hydrogens (tertiary/aromatic N) is 1. The zero-order valence-corrected chi connectivity index (χ0v) is 14.5. The van der Waals surface area contributed by atoms with E-state index in [1.807, 2.05) is 0 Å². The third-order valence-corrected chi connectivity index (χ3v) is 4.10. The lowest BCUT2D eigenvalue weighted by Crippen LogP contribution is -2.37. The van der Waals surface area contributed by atoms with E-state index in [1.165, 1.54) is 37.5 Å². The van der Waals surface area contributed by atoms with Crippen molar-refractivity contribution >= 4 is 23.0 Å². The third kappa shape index (κ3) is 6.81. The fourth-order valence-corrected chi connectivity index (χ4v) is 2.40. The Morgan fingerprint density at radius 1 is 1.39 bits per heavy atom. The molecule has 0 bridgehead atoms. The average molecular weight is 339 g/mol. The summed E-state index contributed by atoms with van der Waals surface area (Å²) in [5.74, 6) is 0.598. The topological polar surface area (TPSA) is 87.4 Å². The summed E-state index contributed by atoms with van der Waals surface area (Å²) in [6.45, 7) is 5.39. The van der Waals surface area contributed by atoms with Crippen molar-refractivity contribution in [2.45, 2.75) is 46.1 Å². The summed E-state index contributed by atoms with van der Waals surface area (Å²) in [5, 5.41) is 27.2. The Kier molecular flexibility index (Phi) is 8.32. The maximum absolute atomic E-state index is 10.8. The Morgan fingerprint density at radius 2 is 2.13 bits per heavy atom. The van der Waals surface area contributed by atoms with Gasteiger partial charge in [-0.1, -0.05) is 33.1 Å². The molecule has 0 saturated carbocycles. The van der Waals surface area contributed by atoms with Gasteiger partial charge in [0.1, 0.15) is 5.75 Å². The van der Waals surface area contributed by atoms with Gasteiger partial charge in [-0.05, 0) is 30.6 Å². The van der Waals surface area contributed by atoms with Crippen LogP contribution < -0.4 is 10.6 Å². The molecule has 1 atom stereocenters. The molecule has 0 aliphatic rings. The number of rotatable bonds is 9. The van der Waals surface area contributed by atoms with Gasteiger partial charge in [0.25, 0.3) is 5.69 Å². The Balaban J connectivity index is 2.47. The van der Waals surface area contributed by atoms with Crippen LogP contribution >= 0.6 is 12.2 Å². The van der Waals surface area contributed by atoms with Crippen LogP contribution in [0.15, 0.2) is 18.2 Å². The van der Waals surface area contributed by atoms with Crippen LogP contribution in [0.2, 0.25) is 0 Å². The van der Waals surface area contributed by atoms with Crippen molar-refractivity contribution in [2.24, 2.45) is 5.92 Å². The predicted octanol–water partition coefficient (Wildman–Crippen LogP) is 3.48. The molecule has 0 radical (unpaired) electrons. The number of non-ortho nitro benzene ring substituents is 1. The Morgan fingerprint density at radius 3 is 2.74 bits per heavy atom. The van der Waals surface area contributed by atoms with Gasteiger partial charge in [0.2, 0.25) is 0 Å². The molecule has 0 spiro atoms. The van der Waals surface area contributed by atoms with E-state index < -0.39 is 4.92 Å². The molecule has 1 aromatic carbocycles. The van der Waals surface area contributed by atoms with Gasteiger partial charge in [0, 0.05) is 30.8 Å². The molecular formula is C16H25N3O3S. The van der Waals surface area contributed by atoms with Gasteiger partial charge in [0.05, 0.1) is 4.92 Å². The smallest absolute Gasteiger partial charge is 0.270 e. The van der Waals surface area contributed by atoms with E-state index in [1.54, 1.807) is 0 Å². The summed E-state index contributed by atoms with van der Waals surface area (Å²) in [7, 11) is 0. The molecule has 0 aliphatic carbocycles. The summed E-state index contributed by atoms with van der Waals surface area (Å²) in [6.07, 6.45) is 4.67. The van der Waals surface area contributed by atoms with Crippen LogP contribution in [0.4, 0.5) is 5.69 Å². The monoisotopic (exact) mass is 339 g/mol. The molecule has 6 nitrogen and oxygen atoms in total. The van der Waals surface area contributed by atoms with Crippen molar-refractivity contribution in [1.82, 2.24) is 10.6 Å². The zero-order valence-electron chi connectivity index (χ0n) is 13.7. The SMILES string of the molecule is CCCC[C@@H](CC)CNC(=S)NCc1cc([N+](=O)[O-])ccc1O. The number of hydrogen-bond donors (Lipinski definition) is 3. The minimum absolute atomic E-state index is 0.0141. The molecule has 0 aliphatic heterocycles. The normalized spacial score (nSPS) is 11.7. The maximum Gasteiger partial charge on any atom is 0.270 e. The Bertz CT molecular complexity index is 537. The van der Waals surface area contributed by atoms with Gasteiger partial charge in [0.15, 0.2) is 5.11 Å². The van der Waals surface area contributed by atoms with E-state index in [0.29, 0.717) is 16.6 Å². The second-order valence-corrected chi connectivity index (χ2v) is 5.96. The quantitative estimate of drug-likeness (QED) is 0.363. The Hall–Kier alpha value is -1.89. The third-order valence-electron chi connectivity index (χ3n) is 3.81. The highest BCUT2D eigenvalue weighted by atomic mass is 32.1. The molecule has 0 fully saturated rings. The van der Waals surface area contributed by atoms with E-state index in [0.717, 1.165) is 13.0 Å². The van der Waals surface area contributed by atoms with Crippen molar-refractivity contribution in [3.63, 3.8) is 0 Å². The molecule has 23 heavy (non-hydrogen) atoms. The minimum atomic E-state index is -0.487. The van der Waals surface area contributed by atoms with Gasteiger partial charge >= 0.3 is 0 Å². The van der Waals surface area contributed by atoms with Crippen LogP contribution in [0.1, 0.15) is 45.1 Å². The summed E-state index contributed by atoms with van der Waals surface area (Å²) < 4.78 is 0. The molecule has 7 heteroatoms. The highest BCUT2D eigenvalue weighted by molar-refractivity contribution is 7.80. The zero-order chi connectivity index (χ0) is 17.2. The lowest BCUT2D eigenvalue weighted by molar-refractivity contribution is -0.384. The second-order valence-electron chi connectivity index (χ2n) is 5.55. The van der Waals surface area contributed by atoms with E-state index in [9.17, 15) is 15.2 Å². The molecule has 0 aromatic heterocycles. The fraction of sp³-hybridized carbons (Fsp3) is 0.562. The Labute approximate surface area is 142 Å². The highest BCUT2D eigenvalue weighted by Crippen LogP contribution is 2.22. The molecule has 0 saturated heterocycles. The average Bonchev–Trinajstić information content (AvgIpc) is 2.54. The van der Waals surface area contributed by atoms with Gasteiger partial charge < -0.3 is 15.7 Å². The number of benzene rings is 1. The van der Waals surface area contributed by atoms with Crippen molar-refractivity contribution in [3.8, 4) is 5.75 Å². The fourth-order valence-electron chi connectivity index (χ4n) is 2.25. The molecule has 128 valence electrons. The van der Waals surface area contributed by atoms with Crippen LogP contribution in [0.3, 0.4) is 0 Å². The summed E-state index contributed by atoms with van der Waals surface area (Å²) in [4.78, 5) is 10.3. The van der Waals surface area contributed by atoms with E-state index >= 15 is 0 Å². The standard InChI is InChI=1S/C16H25N3O3S/c1-3-5-6-12(4-2)10-17-16(23)18-11-13-9-14(19(21)22)7-8-15(13)20/h7-9,12,20H,3-6,10-11H2,1-2H3,(H2,17,18,23)/t12-/m1/s1. The lowest BCUT2D eigenvalue weighted by atomic mass is 9.99. The van der Waals surface area contributed by atoms with Crippen molar-refractivity contribution < 1.29 is 10.0 Å². The maximum atomic E-state index is 10.8. The van der Waals surface area contributed by atoms with Gasteiger partial charge in [-0.2, -0.15) is 0 Å². The number of phenolic OH excluding ortho intramolecular Hbond substituents is 1. The largest absolute Gasteiger partial charge is 0.508 e. The molecular weight excluding hydrogens is 314 g/mol. The number of hydrogen-bond acceptors (Lipinski definition) is 4. The number of unbranched alkanes of at least 4 members (excludes halogenated alkanes) is 1. The van der Waals surface area contributed by atoms with Gasteiger partial charge in [-0.3, -0.25) is 10.1 Å². The van der Waals surface area contributed by atoms with Crippen LogP contribution in [-0.4, -0.2) is 21.7 Å². The number of nitro benzene ring substituents is 1. The first-order chi connectivity index (χ1) is 11.0. The van der Waals surface area contributed by atoms with E-state index in [-0.39, 0.29) is 18.0 Å². The number of thiocarbonyl (C=S) groups is 1. The summed E-state index contributed by atoms with van der Waals surface area (Å²) in [6, 6.07) is 3.94. The summed E-state index contributed by atoms with van der Waals surface area (Å²) in [5.41, 5.74) is 0.394. The predicted molar refractivity (Wildman–Crippen MR) is 95.5 cm³/mol. The molecule has 0 unspecified atom stereocenters.